The van der Waals surface area contributed by atoms with Gasteiger partial charge < -0.3 is 10.2 Å². The molecule has 1 aromatic rings. The van der Waals surface area contributed by atoms with Gasteiger partial charge in [0.2, 0.25) is 5.91 Å². The Labute approximate surface area is 123 Å². The van der Waals surface area contributed by atoms with E-state index in [-0.39, 0.29) is 11.9 Å². The van der Waals surface area contributed by atoms with Gasteiger partial charge in [-0.2, -0.15) is 0 Å². The molecule has 5 heteroatoms. The van der Waals surface area contributed by atoms with Crippen molar-refractivity contribution in [3.05, 3.63) is 28.2 Å². The SMILES string of the molecule is CNC1C(=O)N(C2CC=CCCC2)CCc2ncsc21. The van der Waals surface area contributed by atoms with Crippen molar-refractivity contribution in [2.24, 2.45) is 0 Å². The Balaban J connectivity index is 1.85. The summed E-state index contributed by atoms with van der Waals surface area (Å²) < 4.78 is 0. The number of rotatable bonds is 2. The summed E-state index contributed by atoms with van der Waals surface area (Å²) in [6.45, 7) is 0.798. The monoisotopic (exact) mass is 291 g/mol. The summed E-state index contributed by atoms with van der Waals surface area (Å²) in [6.07, 6.45) is 9.77. The zero-order valence-electron chi connectivity index (χ0n) is 11.8. The van der Waals surface area contributed by atoms with E-state index in [0.717, 1.165) is 42.8 Å². The van der Waals surface area contributed by atoms with Crippen LogP contribution in [0.25, 0.3) is 0 Å². The molecule has 2 heterocycles. The molecule has 1 aliphatic carbocycles. The Bertz CT molecular complexity index is 511. The summed E-state index contributed by atoms with van der Waals surface area (Å²) in [7, 11) is 1.86. The molecule has 0 fully saturated rings. The molecule has 20 heavy (non-hydrogen) atoms. The van der Waals surface area contributed by atoms with Gasteiger partial charge in [-0.05, 0) is 32.7 Å². The molecule has 0 saturated carbocycles. The van der Waals surface area contributed by atoms with Gasteiger partial charge in [-0.1, -0.05) is 12.2 Å². The van der Waals surface area contributed by atoms with E-state index in [0.29, 0.717) is 6.04 Å². The van der Waals surface area contributed by atoms with Gasteiger partial charge >= 0.3 is 0 Å². The van der Waals surface area contributed by atoms with Crippen LogP contribution in [0, 0.1) is 0 Å². The van der Waals surface area contributed by atoms with E-state index >= 15 is 0 Å². The van der Waals surface area contributed by atoms with E-state index in [2.05, 4.69) is 27.4 Å². The quantitative estimate of drug-likeness (QED) is 0.850. The zero-order valence-corrected chi connectivity index (χ0v) is 12.7. The highest BCUT2D eigenvalue weighted by Gasteiger charge is 2.34. The second kappa shape index (κ2) is 6.06. The molecule has 3 rings (SSSR count). The third-order valence-corrected chi connectivity index (χ3v) is 5.20. The number of thiazole rings is 1. The molecule has 0 saturated heterocycles. The van der Waals surface area contributed by atoms with E-state index < -0.39 is 0 Å². The van der Waals surface area contributed by atoms with Gasteiger partial charge in [0.05, 0.1) is 16.1 Å². The van der Waals surface area contributed by atoms with Gasteiger partial charge in [0.25, 0.3) is 0 Å². The number of aromatic nitrogens is 1. The van der Waals surface area contributed by atoms with Crippen LogP contribution in [0.5, 0.6) is 0 Å². The molecular formula is C15H21N3OS. The smallest absolute Gasteiger partial charge is 0.245 e. The third kappa shape index (κ3) is 2.52. The number of carbonyl (C=O) groups excluding carboxylic acids is 1. The van der Waals surface area contributed by atoms with E-state index in [1.54, 1.807) is 11.3 Å². The standard InChI is InChI=1S/C15H21N3OS/c1-16-13-14-12(17-10-20-14)8-9-18(15(13)19)11-6-4-2-3-5-7-11/h2,4,10-11,13,16H,3,5-9H2,1H3. The van der Waals surface area contributed by atoms with Crippen LogP contribution >= 0.6 is 11.3 Å². The second-order valence-corrected chi connectivity index (χ2v) is 6.34. The van der Waals surface area contributed by atoms with Crippen molar-refractivity contribution in [3.8, 4) is 0 Å². The minimum Gasteiger partial charge on any atom is -0.337 e. The molecule has 2 unspecified atom stereocenters. The van der Waals surface area contributed by atoms with E-state index in [4.69, 9.17) is 0 Å². The fourth-order valence-corrected chi connectivity index (χ4v) is 4.11. The molecular weight excluding hydrogens is 270 g/mol. The molecule has 2 atom stereocenters. The van der Waals surface area contributed by atoms with Gasteiger partial charge in [-0.3, -0.25) is 4.79 Å². The number of hydrogen-bond acceptors (Lipinski definition) is 4. The van der Waals surface area contributed by atoms with Gasteiger partial charge in [0.1, 0.15) is 6.04 Å². The number of likely N-dealkylation sites (N-methyl/N-ethyl adjacent to an activating group) is 1. The number of nitrogens with zero attached hydrogens (tertiary/aromatic N) is 2. The minimum absolute atomic E-state index is 0.216. The van der Waals surface area contributed by atoms with Crippen LogP contribution in [-0.2, 0) is 11.2 Å². The van der Waals surface area contributed by atoms with Crippen LogP contribution in [0.1, 0.15) is 42.3 Å². The van der Waals surface area contributed by atoms with Crippen molar-refractivity contribution >= 4 is 17.2 Å². The molecule has 0 spiro atoms. The molecule has 1 amide bonds. The van der Waals surface area contributed by atoms with Crippen LogP contribution in [-0.4, -0.2) is 35.4 Å². The van der Waals surface area contributed by atoms with Crippen LogP contribution in [0.3, 0.4) is 0 Å². The van der Waals surface area contributed by atoms with Gasteiger partial charge in [-0.25, -0.2) is 4.98 Å². The summed E-state index contributed by atoms with van der Waals surface area (Å²) in [4.78, 5) is 20.5. The molecule has 0 aromatic carbocycles. The maximum Gasteiger partial charge on any atom is 0.245 e. The van der Waals surface area contributed by atoms with Crippen molar-refractivity contribution < 1.29 is 4.79 Å². The second-order valence-electron chi connectivity index (χ2n) is 5.46. The fraction of sp³-hybridized carbons (Fsp3) is 0.600. The predicted octanol–water partition coefficient (Wildman–Crippen LogP) is 2.29. The summed E-state index contributed by atoms with van der Waals surface area (Å²) in [5, 5.41) is 3.18. The first-order valence-electron chi connectivity index (χ1n) is 7.36. The Morgan fingerprint density at radius 1 is 1.45 bits per heavy atom. The van der Waals surface area contributed by atoms with E-state index in [9.17, 15) is 4.79 Å². The Morgan fingerprint density at radius 3 is 3.20 bits per heavy atom. The normalized spacial score (nSPS) is 27.1. The lowest BCUT2D eigenvalue weighted by atomic mass is 10.1. The minimum atomic E-state index is -0.216. The van der Waals surface area contributed by atoms with Crippen molar-refractivity contribution in [2.45, 2.75) is 44.2 Å². The topological polar surface area (TPSA) is 45.2 Å². The van der Waals surface area contributed by atoms with Crippen LogP contribution in [0.4, 0.5) is 0 Å². The highest BCUT2D eigenvalue weighted by molar-refractivity contribution is 7.10. The number of hydrogen-bond donors (Lipinski definition) is 1. The Kier molecular flexibility index (Phi) is 4.17. The number of fused-ring (bicyclic) bond motifs is 1. The first kappa shape index (κ1) is 13.8. The molecule has 1 aliphatic heterocycles. The lowest BCUT2D eigenvalue weighted by Crippen LogP contribution is -2.45. The molecule has 0 radical (unpaired) electrons. The molecule has 2 aliphatic rings. The first-order chi connectivity index (χ1) is 9.81. The maximum atomic E-state index is 12.9. The number of carbonyl (C=O) groups is 1. The van der Waals surface area contributed by atoms with E-state index in [1.807, 2.05) is 12.6 Å². The maximum absolute atomic E-state index is 12.9. The summed E-state index contributed by atoms with van der Waals surface area (Å²) in [5.74, 6) is 0.218. The Hall–Kier alpha value is -1.20. The number of allylic oxidation sites excluding steroid dienone is 1. The van der Waals surface area contributed by atoms with Gasteiger partial charge in [0, 0.05) is 19.0 Å². The molecule has 1 aromatic heterocycles. The van der Waals surface area contributed by atoms with Crippen LogP contribution in [0.2, 0.25) is 0 Å². The van der Waals surface area contributed by atoms with Crippen molar-refractivity contribution in [2.75, 3.05) is 13.6 Å². The molecule has 108 valence electrons. The highest BCUT2D eigenvalue weighted by Crippen LogP contribution is 2.30. The van der Waals surface area contributed by atoms with Crippen molar-refractivity contribution in [3.63, 3.8) is 0 Å². The van der Waals surface area contributed by atoms with Crippen molar-refractivity contribution in [1.82, 2.24) is 15.2 Å². The summed E-state index contributed by atoms with van der Waals surface area (Å²) >= 11 is 1.59. The lowest BCUT2D eigenvalue weighted by Gasteiger charge is -2.31. The number of nitrogens with one attached hydrogen (secondary N) is 1. The summed E-state index contributed by atoms with van der Waals surface area (Å²) in [6, 6.07) is 0.137. The molecule has 1 N–H and O–H groups in total. The Morgan fingerprint density at radius 2 is 2.35 bits per heavy atom. The van der Waals surface area contributed by atoms with Crippen molar-refractivity contribution in [1.29, 1.82) is 0 Å². The van der Waals surface area contributed by atoms with Crippen LogP contribution in [0.15, 0.2) is 17.7 Å². The largest absolute Gasteiger partial charge is 0.337 e. The predicted molar refractivity (Wildman–Crippen MR) is 80.7 cm³/mol. The highest BCUT2D eigenvalue weighted by atomic mass is 32.1. The fourth-order valence-electron chi connectivity index (χ4n) is 3.18. The third-order valence-electron chi connectivity index (χ3n) is 4.27. The first-order valence-corrected chi connectivity index (χ1v) is 8.24. The van der Waals surface area contributed by atoms with Gasteiger partial charge in [0.15, 0.2) is 0 Å². The summed E-state index contributed by atoms with van der Waals surface area (Å²) in [5.41, 5.74) is 2.95. The van der Waals surface area contributed by atoms with Gasteiger partial charge in [-0.15, -0.1) is 11.3 Å². The average molecular weight is 291 g/mol. The molecule has 0 bridgehead atoms. The molecule has 4 nitrogen and oxygen atoms in total. The lowest BCUT2D eigenvalue weighted by molar-refractivity contribution is -0.135. The average Bonchev–Trinajstić information content (AvgIpc) is 2.69. The van der Waals surface area contributed by atoms with E-state index in [1.165, 1.54) is 6.42 Å². The number of amides is 1. The van der Waals surface area contributed by atoms with Crippen LogP contribution < -0.4 is 5.32 Å². The zero-order chi connectivity index (χ0) is 13.9.